The lowest BCUT2D eigenvalue weighted by atomic mass is 9.85. The molecule has 50 heavy (non-hydrogen) atoms. The highest BCUT2D eigenvalue weighted by Crippen LogP contribution is 2.45. The number of aliphatic carboxylic acids is 1. The molecule has 6 rings (SSSR count). The van der Waals surface area contributed by atoms with Crippen LogP contribution in [0.15, 0.2) is 55.6 Å². The van der Waals surface area contributed by atoms with Crippen molar-refractivity contribution >= 4 is 52.3 Å². The third kappa shape index (κ3) is 7.09. The van der Waals surface area contributed by atoms with Crippen molar-refractivity contribution in [3.63, 3.8) is 0 Å². The molecule has 264 valence electrons. The lowest BCUT2D eigenvalue weighted by molar-refractivity contribution is -0.146. The summed E-state index contributed by atoms with van der Waals surface area (Å²) in [4.78, 5) is 66.6. The monoisotopic (exact) mass is 701 g/mol. The zero-order chi connectivity index (χ0) is 35.8. The number of benzene rings is 1. The van der Waals surface area contributed by atoms with Crippen molar-refractivity contribution in [3.8, 4) is 16.5 Å². The van der Waals surface area contributed by atoms with E-state index in [4.69, 9.17) is 19.4 Å². The molecule has 13 heteroatoms. The Labute approximate surface area is 295 Å². The third-order valence-electron chi connectivity index (χ3n) is 9.70. The number of aromatic nitrogens is 2. The van der Waals surface area contributed by atoms with E-state index in [9.17, 15) is 24.3 Å². The highest BCUT2D eigenvalue weighted by atomic mass is 32.1. The van der Waals surface area contributed by atoms with Crippen LogP contribution in [0.25, 0.3) is 27.7 Å². The minimum atomic E-state index is -1.50. The van der Waals surface area contributed by atoms with E-state index in [0.29, 0.717) is 16.7 Å². The predicted octanol–water partition coefficient (Wildman–Crippen LogP) is 5.58. The fourth-order valence-electron chi connectivity index (χ4n) is 6.79. The zero-order valence-corrected chi connectivity index (χ0v) is 29.3. The van der Waals surface area contributed by atoms with Crippen LogP contribution >= 0.6 is 11.3 Å². The van der Waals surface area contributed by atoms with Gasteiger partial charge in [-0.25, -0.2) is 19.6 Å². The van der Waals surface area contributed by atoms with Gasteiger partial charge in [-0.1, -0.05) is 51.6 Å². The molecule has 12 nitrogen and oxygen atoms in total. The topological polar surface area (TPSA) is 160 Å². The Kier molecular flexibility index (Phi) is 9.71. The first-order chi connectivity index (χ1) is 23.8. The number of nitrogens with one attached hydrogen (secondary N) is 2. The summed E-state index contributed by atoms with van der Waals surface area (Å²) in [6, 6.07) is 9.09. The van der Waals surface area contributed by atoms with Crippen LogP contribution in [0, 0.1) is 11.3 Å². The normalized spacial score (nSPS) is 24.0. The van der Waals surface area contributed by atoms with Gasteiger partial charge < -0.3 is 30.1 Å². The Morgan fingerprint density at radius 2 is 1.76 bits per heavy atom. The highest BCUT2D eigenvalue weighted by molar-refractivity contribution is 7.16. The van der Waals surface area contributed by atoms with Gasteiger partial charge in [0.1, 0.15) is 35.5 Å². The van der Waals surface area contributed by atoms with E-state index in [1.54, 1.807) is 6.08 Å². The summed E-state index contributed by atoms with van der Waals surface area (Å²) in [7, 11) is 0. The molecule has 3 N–H and O–H groups in total. The first-order valence-electron chi connectivity index (χ1n) is 16.9. The second-order valence-electron chi connectivity index (χ2n) is 14.3. The number of alkyl carbamates (subject to hydrolysis) is 1. The van der Waals surface area contributed by atoms with Crippen LogP contribution in [0.4, 0.5) is 4.79 Å². The maximum Gasteiger partial charge on any atom is 0.408 e. The average Bonchev–Trinajstić information content (AvgIpc) is 3.50. The Morgan fingerprint density at radius 3 is 2.36 bits per heavy atom. The molecule has 3 heterocycles. The van der Waals surface area contributed by atoms with E-state index in [0.717, 1.165) is 35.4 Å². The average molecular weight is 702 g/mol. The molecule has 1 saturated heterocycles. The second kappa shape index (κ2) is 13.9. The van der Waals surface area contributed by atoms with Crippen molar-refractivity contribution in [3.05, 3.63) is 60.5 Å². The smallest absolute Gasteiger partial charge is 0.408 e. The summed E-state index contributed by atoms with van der Waals surface area (Å²) in [5, 5.41) is 15.5. The summed E-state index contributed by atoms with van der Waals surface area (Å²) < 4.78 is 12.2. The van der Waals surface area contributed by atoms with Gasteiger partial charge in [0.2, 0.25) is 17.7 Å². The SMILES string of the molecule is C=Cc1ccc(-c2nc3ccccc3nc2O[C@@H]2C[C@@H](C(=O)NC3(C(=O)O)C[C@H]3C=C)N(C(=O)[C@@H](NC(=O)OC3CCCC3)C(C)(C)C)C2)s1. The van der Waals surface area contributed by atoms with Gasteiger partial charge >= 0.3 is 12.1 Å². The molecule has 5 atom stereocenters. The molecule has 0 bridgehead atoms. The first kappa shape index (κ1) is 35.1. The van der Waals surface area contributed by atoms with Crippen LogP contribution < -0.4 is 15.4 Å². The molecule has 3 fully saturated rings. The number of para-hydroxylation sites is 2. The number of fused-ring (bicyclic) bond motifs is 1. The molecule has 0 spiro atoms. The molecule has 2 saturated carbocycles. The fourth-order valence-corrected chi connectivity index (χ4v) is 7.63. The summed E-state index contributed by atoms with van der Waals surface area (Å²) in [5.74, 6) is -2.52. The summed E-state index contributed by atoms with van der Waals surface area (Å²) in [6.45, 7) is 13.0. The molecular formula is C37H43N5O7S. The van der Waals surface area contributed by atoms with Crippen LogP contribution in [0.5, 0.6) is 5.88 Å². The second-order valence-corrected chi connectivity index (χ2v) is 15.4. The number of hydrogen-bond donors (Lipinski definition) is 3. The van der Waals surface area contributed by atoms with Crippen molar-refractivity contribution in [2.75, 3.05) is 6.54 Å². The third-order valence-corrected chi connectivity index (χ3v) is 10.8. The number of carboxylic acids is 1. The number of rotatable bonds is 11. The molecular weight excluding hydrogens is 659 g/mol. The Balaban J connectivity index is 1.31. The molecule has 1 aliphatic heterocycles. The van der Waals surface area contributed by atoms with Gasteiger partial charge in [-0.05, 0) is 61.8 Å². The van der Waals surface area contributed by atoms with Gasteiger partial charge in [-0.2, -0.15) is 0 Å². The number of carbonyl (C=O) groups excluding carboxylic acids is 3. The minimum Gasteiger partial charge on any atom is -0.479 e. The standard InChI is InChI=1S/C37H43N5O7S/c1-6-21-19-37(21,34(45)46)41-31(43)27-18-23(20-42(27)33(44)30(36(3,4)5)40-35(47)49-22-12-8-9-13-22)48-32-29(28-17-16-24(7-2)50-28)38-25-14-10-11-15-26(25)39-32/h6-7,10-11,14-17,21-23,27,30H,1-2,8-9,12-13,18-20H2,3-5H3,(H,40,47)(H,41,43)(H,45,46)/t21-,23-,27+,30-,37?/m1/s1. The van der Waals surface area contributed by atoms with Gasteiger partial charge in [-0.15, -0.1) is 17.9 Å². The van der Waals surface area contributed by atoms with Crippen LogP contribution in [-0.2, 0) is 19.1 Å². The zero-order valence-electron chi connectivity index (χ0n) is 28.5. The molecule has 1 unspecified atom stereocenters. The Morgan fingerprint density at radius 1 is 1.06 bits per heavy atom. The lowest BCUT2D eigenvalue weighted by Crippen LogP contribution is -2.59. The quantitative estimate of drug-likeness (QED) is 0.217. The van der Waals surface area contributed by atoms with Crippen LogP contribution in [0.2, 0.25) is 0 Å². The van der Waals surface area contributed by atoms with E-state index in [1.165, 1.54) is 22.3 Å². The van der Waals surface area contributed by atoms with E-state index in [1.807, 2.05) is 57.2 Å². The predicted molar refractivity (Wildman–Crippen MR) is 189 cm³/mol. The number of likely N-dealkylation sites (tertiary alicyclic amines) is 1. The maximum absolute atomic E-state index is 14.5. The number of ether oxygens (including phenoxy) is 2. The number of nitrogens with zero attached hydrogens (tertiary/aromatic N) is 3. The summed E-state index contributed by atoms with van der Waals surface area (Å²) in [5.41, 5.74) is -0.478. The number of carbonyl (C=O) groups is 4. The number of amides is 3. The van der Waals surface area contributed by atoms with Crippen LogP contribution in [0.3, 0.4) is 0 Å². The van der Waals surface area contributed by atoms with E-state index < -0.39 is 58.9 Å². The molecule has 2 aromatic heterocycles. The number of hydrogen-bond acceptors (Lipinski definition) is 9. The van der Waals surface area contributed by atoms with Gasteiger partial charge in [0.25, 0.3) is 0 Å². The molecule has 2 aliphatic carbocycles. The molecule has 3 aliphatic rings. The number of carboxylic acid groups (broad SMARTS) is 1. The van der Waals surface area contributed by atoms with Crippen molar-refractivity contribution in [2.24, 2.45) is 11.3 Å². The van der Waals surface area contributed by atoms with Crippen LogP contribution in [0.1, 0.15) is 64.2 Å². The minimum absolute atomic E-state index is 0.0237. The lowest BCUT2D eigenvalue weighted by Gasteiger charge is -2.35. The van der Waals surface area contributed by atoms with Gasteiger partial charge in [0, 0.05) is 17.2 Å². The van der Waals surface area contributed by atoms with E-state index in [2.05, 4.69) is 23.8 Å². The number of thiophene rings is 1. The maximum atomic E-state index is 14.5. The summed E-state index contributed by atoms with van der Waals surface area (Å²) >= 11 is 1.47. The first-order valence-corrected chi connectivity index (χ1v) is 17.8. The van der Waals surface area contributed by atoms with E-state index >= 15 is 0 Å². The highest BCUT2D eigenvalue weighted by Gasteiger charge is 2.61. The van der Waals surface area contributed by atoms with E-state index in [-0.39, 0.29) is 31.4 Å². The Hall–Kier alpha value is -4.78. The fraction of sp³-hybridized carbons (Fsp3) is 0.459. The van der Waals surface area contributed by atoms with Crippen molar-refractivity contribution < 1.29 is 33.8 Å². The van der Waals surface area contributed by atoms with Gasteiger partial charge in [0.15, 0.2) is 0 Å². The van der Waals surface area contributed by atoms with Crippen molar-refractivity contribution in [1.82, 2.24) is 25.5 Å². The molecule has 0 radical (unpaired) electrons. The van der Waals surface area contributed by atoms with Gasteiger partial charge in [-0.3, -0.25) is 9.59 Å². The van der Waals surface area contributed by atoms with Gasteiger partial charge in [0.05, 0.1) is 22.5 Å². The molecule has 3 amide bonds. The van der Waals surface area contributed by atoms with Crippen molar-refractivity contribution in [1.29, 1.82) is 0 Å². The molecule has 3 aromatic rings. The summed E-state index contributed by atoms with van der Waals surface area (Å²) in [6.07, 6.45) is 5.37. The van der Waals surface area contributed by atoms with Crippen LogP contribution in [-0.4, -0.2) is 80.2 Å². The van der Waals surface area contributed by atoms with Crippen molar-refractivity contribution in [2.45, 2.75) is 89.1 Å². The Bertz CT molecular complexity index is 1830. The largest absolute Gasteiger partial charge is 0.479 e. The molecule has 1 aromatic carbocycles.